The largest absolute Gasteiger partial charge is 0.455 e. The molecule has 2 heteroatoms. The van der Waals surface area contributed by atoms with Crippen LogP contribution in [0.5, 0.6) is 11.5 Å². The van der Waals surface area contributed by atoms with Crippen LogP contribution in [0.3, 0.4) is 0 Å². The highest BCUT2D eigenvalue weighted by molar-refractivity contribution is 5.33. The van der Waals surface area contributed by atoms with E-state index in [1.165, 1.54) is 0 Å². The third-order valence-corrected chi connectivity index (χ3v) is 3.04. The van der Waals surface area contributed by atoms with Crippen LogP contribution in [0, 0.1) is 13.8 Å². The molecule has 0 atom stereocenters. The lowest BCUT2D eigenvalue weighted by Gasteiger charge is -2.21. The summed E-state index contributed by atoms with van der Waals surface area (Å²) in [4.78, 5) is 0. The Hall–Kier alpha value is -1.96. The van der Waals surface area contributed by atoms with Crippen LogP contribution in [0.25, 0.3) is 0 Å². The Morgan fingerprint density at radius 2 is 1.21 bits per heavy atom. The molecule has 0 radical (unpaired) electrons. The first-order valence-corrected chi connectivity index (χ1v) is 6.65. The molecule has 0 aliphatic carbocycles. The van der Waals surface area contributed by atoms with Gasteiger partial charge in [-0.25, -0.2) is 0 Å². The summed E-state index contributed by atoms with van der Waals surface area (Å²) in [6.45, 7) is 6.13. The summed E-state index contributed by atoms with van der Waals surface area (Å²) < 4.78 is 11.9. The van der Waals surface area contributed by atoms with Crippen molar-refractivity contribution in [2.45, 2.75) is 33.5 Å². The maximum absolute atomic E-state index is 5.93. The fourth-order valence-corrected chi connectivity index (χ4v) is 1.85. The lowest BCUT2D eigenvalue weighted by Crippen LogP contribution is -2.23. The highest BCUT2D eigenvalue weighted by atomic mass is 16.7. The van der Waals surface area contributed by atoms with Crippen LogP contribution in [-0.2, 0) is 0 Å². The van der Waals surface area contributed by atoms with Crippen molar-refractivity contribution >= 4 is 0 Å². The molecule has 100 valence electrons. The van der Waals surface area contributed by atoms with Gasteiger partial charge in [-0.05, 0) is 37.1 Å². The van der Waals surface area contributed by atoms with Crippen molar-refractivity contribution in [3.8, 4) is 11.5 Å². The summed E-state index contributed by atoms with van der Waals surface area (Å²) in [5.74, 6) is 1.76. The zero-order valence-corrected chi connectivity index (χ0v) is 11.7. The Labute approximate surface area is 115 Å². The quantitative estimate of drug-likeness (QED) is 0.733. The SMILES string of the molecule is CCC(Oc1ccccc1C)Oc1ccccc1C. The highest BCUT2D eigenvalue weighted by Crippen LogP contribution is 2.23. The maximum atomic E-state index is 5.93. The first-order valence-electron chi connectivity index (χ1n) is 6.65. The van der Waals surface area contributed by atoms with Crippen molar-refractivity contribution in [3.05, 3.63) is 59.7 Å². The Balaban J connectivity index is 2.09. The molecule has 0 heterocycles. The van der Waals surface area contributed by atoms with Crippen molar-refractivity contribution in [2.75, 3.05) is 0 Å². The monoisotopic (exact) mass is 256 g/mol. The van der Waals surface area contributed by atoms with Gasteiger partial charge in [0.05, 0.1) is 0 Å². The summed E-state index contributed by atoms with van der Waals surface area (Å²) in [6.07, 6.45) is 0.532. The summed E-state index contributed by atoms with van der Waals surface area (Å²) in [6, 6.07) is 16.0. The Bertz CT molecular complexity index is 487. The van der Waals surface area contributed by atoms with Crippen molar-refractivity contribution < 1.29 is 9.47 Å². The Morgan fingerprint density at radius 3 is 1.58 bits per heavy atom. The maximum Gasteiger partial charge on any atom is 0.240 e. The zero-order chi connectivity index (χ0) is 13.7. The first-order chi connectivity index (χ1) is 9.20. The minimum absolute atomic E-state index is 0.262. The molecule has 0 amide bonds. The number of rotatable bonds is 5. The Morgan fingerprint density at radius 1 is 0.789 bits per heavy atom. The molecule has 0 saturated carbocycles. The van der Waals surface area contributed by atoms with Crippen LogP contribution in [0.15, 0.2) is 48.5 Å². The number of benzene rings is 2. The molecular weight excluding hydrogens is 236 g/mol. The van der Waals surface area contributed by atoms with E-state index in [0.29, 0.717) is 0 Å². The number of para-hydroxylation sites is 2. The normalized spacial score (nSPS) is 10.5. The van der Waals surface area contributed by atoms with Crippen molar-refractivity contribution in [3.63, 3.8) is 0 Å². The predicted molar refractivity (Wildman–Crippen MR) is 77.7 cm³/mol. The van der Waals surface area contributed by atoms with Crippen LogP contribution < -0.4 is 9.47 Å². The molecule has 2 rings (SSSR count). The first kappa shape index (κ1) is 13.5. The zero-order valence-electron chi connectivity index (χ0n) is 11.7. The minimum atomic E-state index is -0.262. The van der Waals surface area contributed by atoms with E-state index in [0.717, 1.165) is 29.0 Å². The molecule has 0 N–H and O–H groups in total. The van der Waals surface area contributed by atoms with Crippen LogP contribution in [-0.4, -0.2) is 6.29 Å². The lowest BCUT2D eigenvalue weighted by atomic mass is 10.2. The van der Waals surface area contributed by atoms with Gasteiger partial charge in [0.25, 0.3) is 0 Å². The number of hydrogen-bond acceptors (Lipinski definition) is 2. The van der Waals surface area contributed by atoms with Gasteiger partial charge in [0.2, 0.25) is 6.29 Å². The van der Waals surface area contributed by atoms with Gasteiger partial charge < -0.3 is 9.47 Å². The summed E-state index contributed by atoms with van der Waals surface area (Å²) >= 11 is 0. The molecule has 0 fully saturated rings. The van der Waals surface area contributed by atoms with Gasteiger partial charge in [-0.15, -0.1) is 0 Å². The fourth-order valence-electron chi connectivity index (χ4n) is 1.85. The van der Waals surface area contributed by atoms with E-state index in [4.69, 9.17) is 9.47 Å². The van der Waals surface area contributed by atoms with E-state index >= 15 is 0 Å². The molecule has 0 aliphatic rings. The van der Waals surface area contributed by atoms with Crippen LogP contribution in [0.2, 0.25) is 0 Å². The van der Waals surface area contributed by atoms with E-state index in [2.05, 4.69) is 6.92 Å². The fraction of sp³-hybridized carbons (Fsp3) is 0.294. The van der Waals surface area contributed by atoms with Crippen LogP contribution in [0.4, 0.5) is 0 Å². The van der Waals surface area contributed by atoms with Gasteiger partial charge in [0, 0.05) is 6.42 Å². The van der Waals surface area contributed by atoms with Gasteiger partial charge in [-0.1, -0.05) is 43.3 Å². The smallest absolute Gasteiger partial charge is 0.240 e. The van der Waals surface area contributed by atoms with Gasteiger partial charge >= 0.3 is 0 Å². The molecule has 19 heavy (non-hydrogen) atoms. The molecule has 0 bridgehead atoms. The molecule has 2 nitrogen and oxygen atoms in total. The third-order valence-electron chi connectivity index (χ3n) is 3.04. The molecule has 0 spiro atoms. The summed E-state index contributed by atoms with van der Waals surface area (Å²) in [5, 5.41) is 0. The molecule has 0 aromatic heterocycles. The predicted octanol–water partition coefficient (Wildman–Crippen LogP) is 4.50. The second-order valence-electron chi connectivity index (χ2n) is 4.60. The van der Waals surface area contributed by atoms with Crippen LogP contribution in [0.1, 0.15) is 24.5 Å². The van der Waals surface area contributed by atoms with Gasteiger partial charge in [-0.3, -0.25) is 0 Å². The average molecular weight is 256 g/mol. The number of hydrogen-bond donors (Lipinski definition) is 0. The third kappa shape index (κ3) is 3.50. The van der Waals surface area contributed by atoms with Crippen molar-refractivity contribution in [1.29, 1.82) is 0 Å². The molecule has 0 saturated heterocycles. The van der Waals surface area contributed by atoms with E-state index in [-0.39, 0.29) is 6.29 Å². The number of aryl methyl sites for hydroxylation is 2. The van der Waals surface area contributed by atoms with Crippen LogP contribution >= 0.6 is 0 Å². The van der Waals surface area contributed by atoms with Gasteiger partial charge in [-0.2, -0.15) is 0 Å². The Kier molecular flexibility index (Phi) is 4.45. The second kappa shape index (κ2) is 6.28. The molecular formula is C17H20O2. The molecule has 0 aliphatic heterocycles. The highest BCUT2D eigenvalue weighted by Gasteiger charge is 2.12. The van der Waals surface area contributed by atoms with Gasteiger partial charge in [0.1, 0.15) is 11.5 Å². The average Bonchev–Trinajstić information content (AvgIpc) is 2.42. The van der Waals surface area contributed by atoms with Crippen molar-refractivity contribution in [2.24, 2.45) is 0 Å². The van der Waals surface area contributed by atoms with E-state index in [9.17, 15) is 0 Å². The minimum Gasteiger partial charge on any atom is -0.455 e. The lowest BCUT2D eigenvalue weighted by molar-refractivity contribution is 0.00229. The van der Waals surface area contributed by atoms with E-state index in [1.54, 1.807) is 0 Å². The van der Waals surface area contributed by atoms with E-state index < -0.39 is 0 Å². The van der Waals surface area contributed by atoms with E-state index in [1.807, 2.05) is 62.4 Å². The second-order valence-corrected chi connectivity index (χ2v) is 4.60. The standard InChI is InChI=1S/C17H20O2/c1-4-17(18-15-11-7-5-9-13(15)2)19-16-12-8-6-10-14(16)3/h5-12,17H,4H2,1-3H3. The summed E-state index contributed by atoms with van der Waals surface area (Å²) in [7, 11) is 0. The number of ether oxygens (including phenoxy) is 2. The topological polar surface area (TPSA) is 18.5 Å². The van der Waals surface area contributed by atoms with Crippen molar-refractivity contribution in [1.82, 2.24) is 0 Å². The molecule has 2 aromatic carbocycles. The summed E-state index contributed by atoms with van der Waals surface area (Å²) in [5.41, 5.74) is 2.24. The molecule has 0 unspecified atom stereocenters. The van der Waals surface area contributed by atoms with Gasteiger partial charge in [0.15, 0.2) is 0 Å². The molecule has 2 aromatic rings.